The largest absolute Gasteiger partial charge is 0.612 e. The first kappa shape index (κ1) is 23.5. The first-order chi connectivity index (χ1) is 16.0. The third-order valence-corrected chi connectivity index (χ3v) is 7.31. The van der Waals surface area contributed by atoms with Gasteiger partial charge in [-0.2, -0.15) is 9.98 Å². The zero-order valence-corrected chi connectivity index (χ0v) is 20.6. The van der Waals surface area contributed by atoms with E-state index in [2.05, 4.69) is 29.9 Å². The molecule has 10 nitrogen and oxygen atoms in total. The van der Waals surface area contributed by atoms with E-state index in [9.17, 15) is 10.2 Å². The van der Waals surface area contributed by atoms with Crippen LogP contribution in [0.15, 0.2) is 64.8 Å². The van der Waals surface area contributed by atoms with Gasteiger partial charge in [0.25, 0.3) is 0 Å². The van der Waals surface area contributed by atoms with Crippen LogP contribution >= 0.6 is 46.2 Å². The third-order valence-electron chi connectivity index (χ3n) is 3.92. The van der Waals surface area contributed by atoms with Crippen molar-refractivity contribution in [2.24, 2.45) is 20.0 Å². The van der Waals surface area contributed by atoms with Gasteiger partial charge in [-0.05, 0) is 57.0 Å². The lowest BCUT2D eigenvalue weighted by atomic mass is 10.4. The maximum absolute atomic E-state index is 12.3. The van der Waals surface area contributed by atoms with Crippen LogP contribution in [-0.4, -0.2) is 44.9 Å². The fourth-order valence-electron chi connectivity index (χ4n) is 2.46. The van der Waals surface area contributed by atoms with Gasteiger partial charge in [-0.1, -0.05) is 0 Å². The van der Waals surface area contributed by atoms with Crippen LogP contribution in [-0.2, 0) is 9.47 Å². The molecule has 0 unspecified atom stereocenters. The maximum atomic E-state index is 12.3. The second-order valence-electron chi connectivity index (χ2n) is 6.30. The topological polar surface area (TPSA) is 140 Å². The van der Waals surface area contributed by atoms with Crippen LogP contribution in [0.2, 0.25) is 0 Å². The van der Waals surface area contributed by atoms with E-state index in [1.54, 1.807) is 26.2 Å². The highest BCUT2D eigenvalue weighted by molar-refractivity contribution is 8.18. The Bertz CT molecular complexity index is 1090. The molecule has 4 rings (SSSR count). The fourth-order valence-corrected chi connectivity index (χ4v) is 5.25. The van der Waals surface area contributed by atoms with Crippen molar-refractivity contribution in [2.75, 3.05) is 13.2 Å². The Kier molecular flexibility index (Phi) is 7.80. The quantitative estimate of drug-likeness (QED) is 0.382. The predicted molar refractivity (Wildman–Crippen MR) is 130 cm³/mol. The van der Waals surface area contributed by atoms with E-state index >= 15 is 0 Å². The average molecular weight is 521 g/mol. The van der Waals surface area contributed by atoms with Crippen molar-refractivity contribution in [1.29, 1.82) is 0 Å². The zero-order valence-electron chi connectivity index (χ0n) is 17.4. The Morgan fingerprint density at radius 1 is 0.818 bits per heavy atom. The summed E-state index contributed by atoms with van der Waals surface area (Å²) in [7, 11) is 0. The standard InChI is InChI=1S/C19H18N6O4S4/c1-10-12(32-18(22-10)24-16-20-4-8-30-16)14(26)28-6-3-7-29-15(27)13-11(2)23-19(33-13)25-17-21-5-9-31-17/h4-5,8-9,26-27H,3,6-7H2,1-2H3/p-2. The van der Waals surface area contributed by atoms with Crippen LogP contribution in [0.5, 0.6) is 0 Å². The van der Waals surface area contributed by atoms with Crippen LogP contribution in [0, 0.1) is 0 Å². The molecule has 0 fully saturated rings. The van der Waals surface area contributed by atoms with Gasteiger partial charge in [0.05, 0.1) is 33.1 Å². The van der Waals surface area contributed by atoms with E-state index in [1.165, 1.54) is 22.7 Å². The molecule has 14 heteroatoms. The number of thioether (sulfide) groups is 2. The number of rotatable bonds is 8. The van der Waals surface area contributed by atoms with Gasteiger partial charge >= 0.3 is 0 Å². The highest BCUT2D eigenvalue weighted by Crippen LogP contribution is 2.32. The highest BCUT2D eigenvalue weighted by Gasteiger charge is 2.20. The first-order valence-electron chi connectivity index (χ1n) is 9.51. The summed E-state index contributed by atoms with van der Waals surface area (Å²) >= 11 is 5.06. The SMILES string of the molecule is CC1=NC(=Nc2nccs2)SC1=C([O-])OCCCOC([O-])=C1SC(=Nc2nccs2)N=C1C. The molecule has 33 heavy (non-hydrogen) atoms. The molecular formula is C19H16N6O4S4-2. The molecule has 2 aromatic rings. The normalized spacial score (nSPS) is 21.4. The van der Waals surface area contributed by atoms with Gasteiger partial charge in [-0.15, -0.1) is 22.7 Å². The van der Waals surface area contributed by atoms with E-state index in [0.29, 0.717) is 48.3 Å². The van der Waals surface area contributed by atoms with E-state index in [0.717, 1.165) is 23.5 Å². The monoisotopic (exact) mass is 520 g/mol. The Balaban J connectivity index is 1.24. The molecular weight excluding hydrogens is 505 g/mol. The van der Waals surface area contributed by atoms with Gasteiger partial charge in [0, 0.05) is 23.2 Å². The molecule has 0 saturated heterocycles. The summed E-state index contributed by atoms with van der Waals surface area (Å²) in [6, 6.07) is 0. The van der Waals surface area contributed by atoms with E-state index in [1.807, 2.05) is 10.8 Å². The molecule has 2 aliphatic rings. The third kappa shape index (κ3) is 6.22. The minimum Gasteiger partial charge on any atom is -0.612 e. The smallest absolute Gasteiger partial charge is 0.211 e. The molecule has 0 N–H and O–H groups in total. The number of thiazole rings is 2. The van der Waals surface area contributed by atoms with Crippen molar-refractivity contribution in [3.05, 3.63) is 44.9 Å². The van der Waals surface area contributed by atoms with Gasteiger partial charge in [-0.25, -0.2) is 20.0 Å². The molecule has 0 spiro atoms. The molecule has 0 amide bonds. The van der Waals surface area contributed by atoms with Crippen LogP contribution in [0.4, 0.5) is 10.3 Å². The van der Waals surface area contributed by atoms with Crippen molar-refractivity contribution in [3.63, 3.8) is 0 Å². The van der Waals surface area contributed by atoms with E-state index < -0.39 is 11.9 Å². The highest BCUT2D eigenvalue weighted by atomic mass is 32.2. The molecule has 2 aromatic heterocycles. The Morgan fingerprint density at radius 3 is 1.67 bits per heavy atom. The van der Waals surface area contributed by atoms with Crippen LogP contribution < -0.4 is 10.2 Å². The van der Waals surface area contributed by atoms with Crippen molar-refractivity contribution in [2.45, 2.75) is 20.3 Å². The number of nitrogens with zero attached hydrogens (tertiary/aromatic N) is 6. The lowest BCUT2D eigenvalue weighted by Crippen LogP contribution is -2.16. The Hall–Kier alpha value is -2.68. The fraction of sp³-hybridized carbons (Fsp3) is 0.263. The van der Waals surface area contributed by atoms with Crippen LogP contribution in [0.3, 0.4) is 0 Å². The number of aromatic nitrogens is 2. The van der Waals surface area contributed by atoms with Crippen molar-refractivity contribution < 1.29 is 19.7 Å². The molecule has 2 aliphatic heterocycles. The maximum Gasteiger partial charge on any atom is 0.211 e. The second kappa shape index (κ2) is 11.0. The Labute approximate surface area is 205 Å². The lowest BCUT2D eigenvalue weighted by molar-refractivity contribution is -0.360. The molecule has 4 heterocycles. The van der Waals surface area contributed by atoms with Gasteiger partial charge in [-0.3, -0.25) is 0 Å². The number of ether oxygens (including phenoxy) is 2. The number of hydrogen-bond acceptors (Lipinski definition) is 12. The number of amidine groups is 2. The summed E-state index contributed by atoms with van der Waals surface area (Å²) < 4.78 is 10.6. The summed E-state index contributed by atoms with van der Waals surface area (Å²) in [5.74, 6) is -0.965. The average Bonchev–Trinajstić information content (AvgIpc) is 3.57. The Morgan fingerprint density at radius 2 is 1.27 bits per heavy atom. The van der Waals surface area contributed by atoms with Crippen molar-refractivity contribution in [1.82, 2.24) is 9.97 Å². The lowest BCUT2D eigenvalue weighted by Gasteiger charge is -2.21. The van der Waals surface area contributed by atoms with Crippen molar-refractivity contribution in [3.8, 4) is 0 Å². The second-order valence-corrected chi connectivity index (χ2v) is 10.0. The summed E-state index contributed by atoms with van der Waals surface area (Å²) in [4.78, 5) is 26.0. The molecule has 172 valence electrons. The number of hydrogen-bond donors (Lipinski definition) is 0. The number of aliphatic imine (C=N–C) groups is 4. The molecule has 0 saturated carbocycles. The van der Waals surface area contributed by atoms with Crippen molar-refractivity contribution >= 4 is 78.2 Å². The molecule has 0 atom stereocenters. The molecule has 0 bridgehead atoms. The molecule has 0 radical (unpaired) electrons. The predicted octanol–water partition coefficient (Wildman–Crippen LogP) is 3.17. The molecule has 0 aliphatic carbocycles. The summed E-state index contributed by atoms with van der Waals surface area (Å²) in [6.07, 6.45) is 3.66. The summed E-state index contributed by atoms with van der Waals surface area (Å²) in [5, 5.41) is 30.4. The first-order valence-corrected chi connectivity index (χ1v) is 12.9. The number of allylic oxidation sites excluding steroid dienone is 2. The van der Waals surface area contributed by atoms with Gasteiger partial charge in [0.15, 0.2) is 10.3 Å². The van der Waals surface area contributed by atoms with Gasteiger partial charge in [0.2, 0.25) is 10.3 Å². The van der Waals surface area contributed by atoms with Crippen LogP contribution in [0.25, 0.3) is 0 Å². The summed E-state index contributed by atoms with van der Waals surface area (Å²) in [5.41, 5.74) is 1.10. The van der Waals surface area contributed by atoms with Crippen LogP contribution in [0.1, 0.15) is 20.3 Å². The van der Waals surface area contributed by atoms with E-state index in [4.69, 9.17) is 9.47 Å². The molecule has 0 aromatic carbocycles. The van der Waals surface area contributed by atoms with Gasteiger partial charge in [0.1, 0.15) is 0 Å². The minimum absolute atomic E-state index is 0.106. The zero-order chi connectivity index (χ0) is 23.2. The van der Waals surface area contributed by atoms with Gasteiger partial charge < -0.3 is 19.7 Å². The minimum atomic E-state index is -0.483. The van der Waals surface area contributed by atoms with E-state index in [-0.39, 0.29) is 13.2 Å². The summed E-state index contributed by atoms with van der Waals surface area (Å²) in [6.45, 7) is 3.66.